The average molecular weight is 475 g/mol. The van der Waals surface area contributed by atoms with Crippen molar-refractivity contribution in [2.75, 3.05) is 53.2 Å². The summed E-state index contributed by atoms with van der Waals surface area (Å²) in [5.41, 5.74) is 0.287. The van der Waals surface area contributed by atoms with Gasteiger partial charge in [0.15, 0.2) is 5.58 Å². The molecular formula is C26H38N2O6. The number of piperidine rings is 1. The second-order valence-corrected chi connectivity index (χ2v) is 10.1. The first-order valence-corrected chi connectivity index (χ1v) is 12.5. The first-order valence-electron chi connectivity index (χ1n) is 12.5. The predicted octanol–water partition coefficient (Wildman–Crippen LogP) is 4.31. The van der Waals surface area contributed by atoms with E-state index in [0.717, 1.165) is 62.9 Å². The number of esters is 1. The van der Waals surface area contributed by atoms with E-state index in [1.807, 2.05) is 18.2 Å². The summed E-state index contributed by atoms with van der Waals surface area (Å²) in [7, 11) is 1.49. The zero-order valence-electron chi connectivity index (χ0n) is 20.7. The first-order chi connectivity index (χ1) is 16.5. The molecule has 2 fully saturated rings. The van der Waals surface area contributed by atoms with Gasteiger partial charge in [-0.05, 0) is 80.9 Å². The highest BCUT2D eigenvalue weighted by Crippen LogP contribution is 2.37. The van der Waals surface area contributed by atoms with E-state index >= 15 is 0 Å². The SMILES string of the molecule is COC(=O)C1(CCN2CCC(COc3noc4cccc(OCC(C)C)c34)CC2)CCOCC1. The summed E-state index contributed by atoms with van der Waals surface area (Å²) in [6.07, 6.45) is 4.44. The molecule has 2 aromatic rings. The molecule has 1 aromatic heterocycles. The number of rotatable bonds is 10. The van der Waals surface area contributed by atoms with Gasteiger partial charge in [0.1, 0.15) is 11.1 Å². The number of aromatic nitrogens is 1. The lowest BCUT2D eigenvalue weighted by Crippen LogP contribution is -2.43. The molecule has 34 heavy (non-hydrogen) atoms. The standard InChI is InChI=1S/C26H38N2O6/c1-19(2)17-32-21-5-4-6-22-23(21)24(27-34-22)33-18-20-7-12-28(13-8-20)14-9-26(25(29)30-3)10-15-31-16-11-26/h4-6,19-20H,7-18H2,1-3H3. The largest absolute Gasteiger partial charge is 0.492 e. The fourth-order valence-corrected chi connectivity index (χ4v) is 4.89. The minimum atomic E-state index is -0.393. The maximum absolute atomic E-state index is 12.5. The summed E-state index contributed by atoms with van der Waals surface area (Å²) in [6.45, 7) is 9.67. The van der Waals surface area contributed by atoms with Crippen molar-refractivity contribution in [3.8, 4) is 11.6 Å². The van der Waals surface area contributed by atoms with Gasteiger partial charge in [-0.3, -0.25) is 4.79 Å². The molecular weight excluding hydrogens is 436 g/mol. The number of likely N-dealkylation sites (tertiary alicyclic amines) is 1. The van der Waals surface area contributed by atoms with E-state index in [9.17, 15) is 4.79 Å². The number of nitrogens with zero attached hydrogens (tertiary/aromatic N) is 2. The van der Waals surface area contributed by atoms with Crippen molar-refractivity contribution in [3.05, 3.63) is 18.2 Å². The van der Waals surface area contributed by atoms with Crippen LogP contribution in [0.3, 0.4) is 0 Å². The predicted molar refractivity (Wildman–Crippen MR) is 128 cm³/mol. The number of carbonyl (C=O) groups is 1. The van der Waals surface area contributed by atoms with Crippen LogP contribution in [0, 0.1) is 17.3 Å². The molecule has 0 spiro atoms. The van der Waals surface area contributed by atoms with E-state index in [-0.39, 0.29) is 5.97 Å². The van der Waals surface area contributed by atoms with Gasteiger partial charge in [0.25, 0.3) is 5.88 Å². The monoisotopic (exact) mass is 474 g/mol. The van der Waals surface area contributed by atoms with Gasteiger partial charge in [-0.2, -0.15) is 0 Å². The Kier molecular flexibility index (Phi) is 8.32. The van der Waals surface area contributed by atoms with Crippen LogP contribution >= 0.6 is 0 Å². The third kappa shape index (κ3) is 5.84. The molecule has 4 rings (SSSR count). The van der Waals surface area contributed by atoms with Crippen molar-refractivity contribution in [3.63, 3.8) is 0 Å². The number of methoxy groups -OCH3 is 1. The summed E-state index contributed by atoms with van der Waals surface area (Å²) in [5, 5.41) is 4.96. The van der Waals surface area contributed by atoms with Gasteiger partial charge in [-0.25, -0.2) is 0 Å². The summed E-state index contributed by atoms with van der Waals surface area (Å²) in [5.74, 6) is 2.07. The van der Waals surface area contributed by atoms with Crippen LogP contribution in [0.15, 0.2) is 22.7 Å². The maximum atomic E-state index is 12.5. The molecule has 0 N–H and O–H groups in total. The van der Waals surface area contributed by atoms with Gasteiger partial charge >= 0.3 is 5.97 Å². The Morgan fingerprint density at radius 3 is 2.68 bits per heavy atom. The average Bonchev–Trinajstić information content (AvgIpc) is 3.29. The first kappa shape index (κ1) is 24.8. The number of carbonyl (C=O) groups excluding carboxylic acids is 1. The fourth-order valence-electron chi connectivity index (χ4n) is 4.89. The number of hydrogen-bond acceptors (Lipinski definition) is 8. The number of benzene rings is 1. The van der Waals surface area contributed by atoms with E-state index in [1.165, 1.54) is 7.11 Å². The van der Waals surface area contributed by atoms with Crippen molar-refractivity contribution in [2.45, 2.75) is 46.0 Å². The lowest BCUT2D eigenvalue weighted by molar-refractivity contribution is -0.159. The molecule has 188 valence electrons. The summed E-state index contributed by atoms with van der Waals surface area (Å²) >= 11 is 0. The molecule has 2 aliphatic rings. The van der Waals surface area contributed by atoms with Gasteiger partial charge < -0.3 is 28.4 Å². The molecule has 0 radical (unpaired) electrons. The highest BCUT2D eigenvalue weighted by molar-refractivity contribution is 5.88. The van der Waals surface area contributed by atoms with Gasteiger partial charge in [-0.15, -0.1) is 0 Å². The smallest absolute Gasteiger partial charge is 0.312 e. The Bertz CT molecular complexity index is 929. The van der Waals surface area contributed by atoms with E-state index in [0.29, 0.717) is 49.7 Å². The molecule has 1 aromatic carbocycles. The number of hydrogen-bond donors (Lipinski definition) is 0. The quantitative estimate of drug-likeness (QED) is 0.471. The van der Waals surface area contributed by atoms with Crippen LogP contribution in [0.1, 0.15) is 46.0 Å². The Morgan fingerprint density at radius 2 is 1.97 bits per heavy atom. The number of fused-ring (bicyclic) bond motifs is 1. The maximum Gasteiger partial charge on any atom is 0.312 e. The Hall–Kier alpha value is -2.32. The molecule has 3 heterocycles. The zero-order chi connectivity index (χ0) is 24.0. The van der Waals surface area contributed by atoms with E-state index in [1.54, 1.807) is 0 Å². The van der Waals surface area contributed by atoms with Crippen LogP contribution in [0.2, 0.25) is 0 Å². The Balaban J connectivity index is 1.27. The van der Waals surface area contributed by atoms with Crippen molar-refractivity contribution in [1.29, 1.82) is 0 Å². The van der Waals surface area contributed by atoms with E-state index in [4.69, 9.17) is 23.5 Å². The second-order valence-electron chi connectivity index (χ2n) is 10.1. The summed E-state index contributed by atoms with van der Waals surface area (Å²) in [4.78, 5) is 14.9. The lowest BCUT2D eigenvalue weighted by Gasteiger charge is -2.38. The van der Waals surface area contributed by atoms with Gasteiger partial charge in [0.05, 0.1) is 25.7 Å². The van der Waals surface area contributed by atoms with Crippen molar-refractivity contribution < 1.29 is 28.3 Å². The second kappa shape index (κ2) is 11.4. The van der Waals surface area contributed by atoms with E-state index in [2.05, 4.69) is 23.9 Å². The molecule has 2 aliphatic heterocycles. The third-order valence-corrected chi connectivity index (χ3v) is 7.14. The van der Waals surface area contributed by atoms with Crippen LogP contribution < -0.4 is 9.47 Å². The Labute approximate surface area is 201 Å². The lowest BCUT2D eigenvalue weighted by atomic mass is 9.77. The molecule has 0 aliphatic carbocycles. The molecule has 0 atom stereocenters. The summed E-state index contributed by atoms with van der Waals surface area (Å²) in [6, 6.07) is 5.73. The summed E-state index contributed by atoms with van der Waals surface area (Å²) < 4.78 is 28.2. The van der Waals surface area contributed by atoms with Crippen LogP contribution in [0.4, 0.5) is 0 Å². The van der Waals surface area contributed by atoms with Crippen molar-refractivity contribution in [2.24, 2.45) is 17.3 Å². The van der Waals surface area contributed by atoms with Gasteiger partial charge in [0, 0.05) is 13.2 Å². The molecule has 0 amide bonds. The minimum Gasteiger partial charge on any atom is -0.492 e. The molecule has 2 saturated heterocycles. The normalized spacial score (nSPS) is 19.4. The molecule has 8 nitrogen and oxygen atoms in total. The third-order valence-electron chi connectivity index (χ3n) is 7.14. The zero-order valence-corrected chi connectivity index (χ0v) is 20.7. The fraction of sp³-hybridized carbons (Fsp3) is 0.692. The molecule has 8 heteroatoms. The molecule has 0 bridgehead atoms. The highest BCUT2D eigenvalue weighted by Gasteiger charge is 2.41. The number of ether oxygens (including phenoxy) is 4. The Morgan fingerprint density at radius 1 is 1.21 bits per heavy atom. The van der Waals surface area contributed by atoms with Crippen LogP contribution in [0.25, 0.3) is 11.0 Å². The van der Waals surface area contributed by atoms with Crippen molar-refractivity contribution >= 4 is 16.9 Å². The van der Waals surface area contributed by atoms with Crippen LogP contribution in [-0.2, 0) is 14.3 Å². The van der Waals surface area contributed by atoms with Gasteiger partial charge in [-0.1, -0.05) is 19.9 Å². The van der Waals surface area contributed by atoms with Crippen LogP contribution in [-0.4, -0.2) is 69.2 Å². The van der Waals surface area contributed by atoms with Crippen LogP contribution in [0.5, 0.6) is 11.6 Å². The molecule has 0 unspecified atom stereocenters. The van der Waals surface area contributed by atoms with Crippen molar-refractivity contribution in [1.82, 2.24) is 10.1 Å². The minimum absolute atomic E-state index is 0.0873. The van der Waals surface area contributed by atoms with Gasteiger partial charge in [0.2, 0.25) is 0 Å². The van der Waals surface area contributed by atoms with E-state index < -0.39 is 5.41 Å². The topological polar surface area (TPSA) is 83.3 Å². The molecule has 0 saturated carbocycles. The highest BCUT2D eigenvalue weighted by atomic mass is 16.5.